The lowest BCUT2D eigenvalue weighted by molar-refractivity contribution is -0.145. The van der Waals surface area contributed by atoms with Crippen molar-refractivity contribution in [2.24, 2.45) is 30.0 Å². The summed E-state index contributed by atoms with van der Waals surface area (Å²) in [4.78, 5) is 65.2. The van der Waals surface area contributed by atoms with Crippen molar-refractivity contribution in [1.82, 2.24) is 19.8 Å². The summed E-state index contributed by atoms with van der Waals surface area (Å²) in [6.07, 6.45) is 1.48. The van der Waals surface area contributed by atoms with E-state index in [-0.39, 0.29) is 35.4 Å². The molecule has 1 aromatic carbocycles. The number of rotatable bonds is 7. The minimum absolute atomic E-state index is 0.0933. The van der Waals surface area contributed by atoms with Crippen LogP contribution in [0.1, 0.15) is 54.9 Å². The summed E-state index contributed by atoms with van der Waals surface area (Å²) in [7, 11) is 1.60. The second-order valence-electron chi connectivity index (χ2n) is 10.8. The molecule has 5 rings (SSSR count). The first-order chi connectivity index (χ1) is 18.0. The molecule has 4 N–H and O–H groups in total. The van der Waals surface area contributed by atoms with E-state index in [1.807, 2.05) is 0 Å². The van der Waals surface area contributed by atoms with E-state index < -0.39 is 29.6 Å². The molecule has 2 aromatic rings. The molecule has 1 unspecified atom stereocenters. The number of aromatic nitrogens is 2. The number of nitrogens with two attached hydrogens (primary N) is 1. The Morgan fingerprint density at radius 2 is 1.79 bits per heavy atom. The largest absolute Gasteiger partial charge is 0.369 e. The fraction of sp³-hybridized carbons (Fsp3) is 0.462. The Hall–Kier alpha value is -4.22. The highest BCUT2D eigenvalue weighted by molar-refractivity contribution is 6.04. The smallest absolute Gasteiger partial charge is 0.272 e. The first-order valence-corrected chi connectivity index (χ1v) is 12.7. The number of carbonyl (C=O) groups excluding carboxylic acids is 5. The zero-order chi connectivity index (χ0) is 27.4. The van der Waals surface area contributed by atoms with Crippen LogP contribution in [0.15, 0.2) is 30.3 Å². The number of nitrogens with zero attached hydrogens (tertiary/aromatic N) is 4. The standard InChI is InChI=1S/C26H31N7O5/c1-14(2)23(36)28-18-11-19(31(3)30-18)29-20(34)10-17(22(27)35)21-15-6-4-5-7-16(15)24(37)32-12-26(8-9-26)13-33(32)25(21)38/h4-7,11,14,17,21H,8-10,12-13H2,1-3H3,(H2,27,35)(H,29,34)(H,28,30,36)/t17?,21-/m1/s1. The van der Waals surface area contributed by atoms with Gasteiger partial charge in [-0.05, 0) is 24.5 Å². The molecule has 12 heteroatoms. The molecule has 5 amide bonds. The lowest BCUT2D eigenvalue weighted by Crippen LogP contribution is -2.46. The predicted octanol–water partition coefficient (Wildman–Crippen LogP) is 1.22. The van der Waals surface area contributed by atoms with Crippen molar-refractivity contribution in [2.75, 3.05) is 23.7 Å². The van der Waals surface area contributed by atoms with Crippen LogP contribution in [0.25, 0.3) is 0 Å². The topological polar surface area (TPSA) is 160 Å². The molecule has 2 fully saturated rings. The zero-order valence-corrected chi connectivity index (χ0v) is 21.6. The molecule has 2 aliphatic heterocycles. The molecule has 0 bridgehead atoms. The highest BCUT2D eigenvalue weighted by Gasteiger charge is 2.57. The molecule has 3 heterocycles. The van der Waals surface area contributed by atoms with Gasteiger partial charge in [0.15, 0.2) is 5.82 Å². The maximum absolute atomic E-state index is 13.9. The molecule has 200 valence electrons. The number of carbonyl (C=O) groups is 5. The van der Waals surface area contributed by atoms with Crippen LogP contribution >= 0.6 is 0 Å². The number of amides is 5. The van der Waals surface area contributed by atoms with Crippen molar-refractivity contribution in [2.45, 2.75) is 39.0 Å². The van der Waals surface area contributed by atoms with Gasteiger partial charge in [-0.1, -0.05) is 32.0 Å². The summed E-state index contributed by atoms with van der Waals surface area (Å²) < 4.78 is 1.38. The molecule has 1 spiro atoms. The van der Waals surface area contributed by atoms with E-state index >= 15 is 0 Å². The third-order valence-electron chi connectivity index (χ3n) is 7.60. The maximum atomic E-state index is 13.9. The van der Waals surface area contributed by atoms with Gasteiger partial charge in [0.25, 0.3) is 5.91 Å². The molecule has 1 aromatic heterocycles. The third kappa shape index (κ3) is 4.50. The molecule has 1 saturated heterocycles. The minimum Gasteiger partial charge on any atom is -0.369 e. The van der Waals surface area contributed by atoms with Gasteiger partial charge in [0.2, 0.25) is 23.6 Å². The fourth-order valence-electron chi connectivity index (χ4n) is 5.20. The number of nitrogens with one attached hydrogen (secondary N) is 2. The summed E-state index contributed by atoms with van der Waals surface area (Å²) >= 11 is 0. The Balaban J connectivity index is 1.41. The SMILES string of the molecule is CC(C)C(=O)Nc1cc(NC(=O)CC(C(N)=O)[C@@H]2C(=O)N3CC4(CC4)CN3C(=O)c3ccccc32)n(C)n1. The molecule has 0 radical (unpaired) electrons. The van der Waals surface area contributed by atoms with Crippen molar-refractivity contribution in [3.05, 3.63) is 41.5 Å². The Morgan fingerprint density at radius 1 is 1.11 bits per heavy atom. The number of aryl methyl sites for hydroxylation is 1. The van der Waals surface area contributed by atoms with Crippen molar-refractivity contribution in [3.8, 4) is 0 Å². The Labute approximate surface area is 219 Å². The van der Waals surface area contributed by atoms with E-state index in [1.54, 1.807) is 45.2 Å². The van der Waals surface area contributed by atoms with E-state index in [1.165, 1.54) is 20.8 Å². The normalized spacial score (nSPS) is 20.2. The lowest BCUT2D eigenvalue weighted by atomic mass is 9.80. The van der Waals surface area contributed by atoms with Crippen LogP contribution in [0.5, 0.6) is 0 Å². The van der Waals surface area contributed by atoms with Crippen LogP contribution in [-0.2, 0) is 26.2 Å². The predicted molar refractivity (Wildman–Crippen MR) is 136 cm³/mol. The van der Waals surface area contributed by atoms with Crippen LogP contribution in [0, 0.1) is 17.3 Å². The van der Waals surface area contributed by atoms with Crippen LogP contribution in [0.3, 0.4) is 0 Å². The average Bonchev–Trinajstić information content (AvgIpc) is 3.40. The summed E-state index contributed by atoms with van der Waals surface area (Å²) in [5, 5.41) is 12.5. The second-order valence-corrected chi connectivity index (χ2v) is 10.8. The van der Waals surface area contributed by atoms with Gasteiger partial charge in [0.05, 0.1) is 24.9 Å². The minimum atomic E-state index is -1.19. The van der Waals surface area contributed by atoms with Gasteiger partial charge in [-0.3, -0.25) is 33.7 Å². The van der Waals surface area contributed by atoms with Crippen molar-refractivity contribution < 1.29 is 24.0 Å². The maximum Gasteiger partial charge on any atom is 0.272 e. The number of fused-ring (bicyclic) bond motifs is 2. The second kappa shape index (κ2) is 9.26. The van der Waals surface area contributed by atoms with Crippen LogP contribution in [0.2, 0.25) is 0 Å². The molecule has 2 atom stereocenters. The number of benzene rings is 1. The number of hydrogen-bond donors (Lipinski definition) is 3. The highest BCUT2D eigenvalue weighted by atomic mass is 16.2. The van der Waals surface area contributed by atoms with Gasteiger partial charge in [0, 0.05) is 36.4 Å². The molecule has 38 heavy (non-hydrogen) atoms. The summed E-state index contributed by atoms with van der Waals surface area (Å²) in [6, 6.07) is 8.19. The van der Waals surface area contributed by atoms with Gasteiger partial charge in [-0.15, -0.1) is 0 Å². The molecule has 1 aliphatic carbocycles. The third-order valence-corrected chi connectivity index (χ3v) is 7.60. The summed E-state index contributed by atoms with van der Waals surface area (Å²) in [5.41, 5.74) is 6.40. The van der Waals surface area contributed by atoms with Crippen LogP contribution in [0.4, 0.5) is 11.6 Å². The first-order valence-electron chi connectivity index (χ1n) is 12.7. The van der Waals surface area contributed by atoms with E-state index in [0.717, 1.165) is 12.8 Å². The Bertz CT molecular complexity index is 1350. The van der Waals surface area contributed by atoms with Gasteiger partial charge in [-0.25, -0.2) is 5.01 Å². The van der Waals surface area contributed by atoms with Crippen molar-refractivity contribution >= 4 is 41.2 Å². The molecule has 1 saturated carbocycles. The fourth-order valence-corrected chi connectivity index (χ4v) is 5.20. The quantitative estimate of drug-likeness (QED) is 0.497. The molecule has 12 nitrogen and oxygen atoms in total. The first kappa shape index (κ1) is 25.4. The molecular formula is C26H31N7O5. The average molecular weight is 522 g/mol. The Morgan fingerprint density at radius 3 is 2.45 bits per heavy atom. The summed E-state index contributed by atoms with van der Waals surface area (Å²) in [6.45, 7) is 4.35. The number of hydrazine groups is 1. The molecule has 3 aliphatic rings. The van der Waals surface area contributed by atoms with Crippen LogP contribution in [-0.4, -0.2) is 62.4 Å². The van der Waals surface area contributed by atoms with Crippen molar-refractivity contribution in [3.63, 3.8) is 0 Å². The highest BCUT2D eigenvalue weighted by Crippen LogP contribution is 2.52. The number of hydrogen-bond acceptors (Lipinski definition) is 6. The zero-order valence-electron chi connectivity index (χ0n) is 21.6. The monoisotopic (exact) mass is 521 g/mol. The molecular weight excluding hydrogens is 490 g/mol. The van der Waals surface area contributed by atoms with Gasteiger partial charge < -0.3 is 16.4 Å². The lowest BCUT2D eigenvalue weighted by Gasteiger charge is -2.29. The van der Waals surface area contributed by atoms with E-state index in [4.69, 9.17) is 5.73 Å². The van der Waals surface area contributed by atoms with E-state index in [0.29, 0.717) is 30.0 Å². The number of primary amides is 1. The van der Waals surface area contributed by atoms with Gasteiger partial charge >= 0.3 is 0 Å². The summed E-state index contributed by atoms with van der Waals surface area (Å²) in [5.74, 6) is -4.28. The van der Waals surface area contributed by atoms with Crippen LogP contribution < -0.4 is 16.4 Å². The van der Waals surface area contributed by atoms with Gasteiger partial charge in [0.1, 0.15) is 5.82 Å². The van der Waals surface area contributed by atoms with E-state index in [2.05, 4.69) is 15.7 Å². The number of anilines is 2. The van der Waals surface area contributed by atoms with Gasteiger partial charge in [-0.2, -0.15) is 5.10 Å². The van der Waals surface area contributed by atoms with Crippen molar-refractivity contribution in [1.29, 1.82) is 0 Å². The Kier molecular flexibility index (Phi) is 6.20. The van der Waals surface area contributed by atoms with E-state index in [9.17, 15) is 24.0 Å².